The normalized spacial score (nSPS) is 38.0. The molecule has 1 aliphatic rings. The summed E-state index contributed by atoms with van der Waals surface area (Å²) >= 11 is 0. The second kappa shape index (κ2) is 3.13. The summed E-state index contributed by atoms with van der Waals surface area (Å²) in [5, 5.41) is 11.9. The van der Waals surface area contributed by atoms with Gasteiger partial charge in [-0.3, -0.25) is 0 Å². The van der Waals surface area contributed by atoms with E-state index < -0.39 is 12.3 Å². The summed E-state index contributed by atoms with van der Waals surface area (Å²) in [5.41, 5.74) is 0. The summed E-state index contributed by atoms with van der Waals surface area (Å²) in [6.07, 6.45) is -0.457. The van der Waals surface area contributed by atoms with Crippen LogP contribution < -0.4 is 5.32 Å². The zero-order valence-electron chi connectivity index (χ0n) is 5.31. The molecule has 0 saturated carbocycles. The molecular weight excluding hydrogens is 121 g/mol. The van der Waals surface area contributed by atoms with Crippen LogP contribution in [0.25, 0.3) is 0 Å². The van der Waals surface area contributed by atoms with Crippen molar-refractivity contribution in [3.05, 3.63) is 0 Å². The molecule has 1 aliphatic heterocycles. The molecule has 0 amide bonds. The Morgan fingerprint density at radius 3 is 3.11 bits per heavy atom. The number of rotatable bonds is 0. The van der Waals surface area contributed by atoms with E-state index >= 15 is 0 Å². The first-order chi connectivity index (χ1) is 4.29. The fraction of sp³-hybridized carbons (Fsp3) is 1.00. The first kappa shape index (κ1) is 6.96. The van der Waals surface area contributed by atoms with Crippen molar-refractivity contribution in [2.24, 2.45) is 0 Å². The Balaban J connectivity index is 2.29. The molecule has 2 N–H and O–H groups in total. The summed E-state index contributed by atoms with van der Waals surface area (Å²) < 4.78 is 12.5. The molecule has 3 heteroatoms. The summed E-state index contributed by atoms with van der Waals surface area (Å²) in [6, 6.07) is 0. The lowest BCUT2D eigenvalue weighted by Crippen LogP contribution is -2.24. The predicted molar refractivity (Wildman–Crippen MR) is 33.0 cm³/mol. The number of hydrogen-bond acceptors (Lipinski definition) is 2. The summed E-state index contributed by atoms with van der Waals surface area (Å²) in [5.74, 6) is 0. The molecule has 0 aromatic heterocycles. The third kappa shape index (κ3) is 2.28. The van der Waals surface area contributed by atoms with E-state index in [0.29, 0.717) is 25.9 Å². The molecule has 0 aliphatic carbocycles. The number of halogens is 1. The first-order valence-electron chi connectivity index (χ1n) is 3.32. The van der Waals surface area contributed by atoms with Crippen LogP contribution in [0.5, 0.6) is 0 Å². The van der Waals surface area contributed by atoms with Gasteiger partial charge in [0.05, 0.1) is 6.10 Å². The Morgan fingerprint density at radius 1 is 1.56 bits per heavy atom. The molecule has 0 bridgehead atoms. The zero-order valence-corrected chi connectivity index (χ0v) is 5.31. The lowest BCUT2D eigenvalue weighted by molar-refractivity contribution is 0.137. The van der Waals surface area contributed by atoms with Gasteiger partial charge >= 0.3 is 0 Å². The molecule has 2 unspecified atom stereocenters. The van der Waals surface area contributed by atoms with Gasteiger partial charge in [0.15, 0.2) is 0 Å². The van der Waals surface area contributed by atoms with Crippen molar-refractivity contribution in [3.8, 4) is 0 Å². The minimum absolute atomic E-state index is 0.299. The van der Waals surface area contributed by atoms with Crippen LogP contribution in [-0.2, 0) is 0 Å². The maximum Gasteiger partial charge on any atom is 0.104 e. The van der Waals surface area contributed by atoms with Crippen molar-refractivity contribution in [2.45, 2.75) is 25.1 Å². The predicted octanol–water partition coefficient (Wildman–Crippen LogP) is 0.0688. The SMILES string of the molecule is OC1CNCCC(F)C1. The third-order valence-electron chi connectivity index (χ3n) is 1.54. The van der Waals surface area contributed by atoms with Gasteiger partial charge in [0.1, 0.15) is 6.17 Å². The smallest absolute Gasteiger partial charge is 0.104 e. The Bertz CT molecular complexity index is 79.1. The largest absolute Gasteiger partial charge is 0.392 e. The zero-order chi connectivity index (χ0) is 6.69. The number of hydrogen-bond donors (Lipinski definition) is 2. The van der Waals surface area contributed by atoms with Crippen LogP contribution in [0.15, 0.2) is 0 Å². The molecule has 2 nitrogen and oxygen atoms in total. The summed E-state index contributed by atoms with van der Waals surface area (Å²) in [4.78, 5) is 0. The van der Waals surface area contributed by atoms with Crippen LogP contribution in [0.2, 0.25) is 0 Å². The van der Waals surface area contributed by atoms with Gasteiger partial charge in [-0.25, -0.2) is 4.39 Å². The highest BCUT2D eigenvalue weighted by atomic mass is 19.1. The van der Waals surface area contributed by atoms with Gasteiger partial charge in [-0.1, -0.05) is 0 Å². The first-order valence-corrected chi connectivity index (χ1v) is 3.32. The van der Waals surface area contributed by atoms with E-state index in [1.165, 1.54) is 0 Å². The minimum atomic E-state index is -0.810. The molecule has 1 fully saturated rings. The topological polar surface area (TPSA) is 32.3 Å². The van der Waals surface area contributed by atoms with E-state index in [1.807, 2.05) is 0 Å². The van der Waals surface area contributed by atoms with Gasteiger partial charge in [-0.05, 0) is 13.0 Å². The Labute approximate surface area is 54.1 Å². The van der Waals surface area contributed by atoms with Crippen LogP contribution in [0.3, 0.4) is 0 Å². The number of β-amino-alcohol motifs (C(OH)–C–C–N with tert-alkyl or cyclic N) is 1. The molecular formula is C6H12FNO. The van der Waals surface area contributed by atoms with Gasteiger partial charge < -0.3 is 10.4 Å². The lowest BCUT2D eigenvalue weighted by atomic mass is 10.1. The number of alkyl halides is 1. The Kier molecular flexibility index (Phi) is 2.42. The molecule has 0 radical (unpaired) electrons. The lowest BCUT2D eigenvalue weighted by Gasteiger charge is -2.05. The maximum absolute atomic E-state index is 12.5. The molecule has 1 heterocycles. The monoisotopic (exact) mass is 133 g/mol. The quantitative estimate of drug-likeness (QED) is 0.490. The van der Waals surface area contributed by atoms with E-state index in [4.69, 9.17) is 5.11 Å². The van der Waals surface area contributed by atoms with Crippen LogP contribution >= 0.6 is 0 Å². The average molecular weight is 133 g/mol. The highest BCUT2D eigenvalue weighted by Crippen LogP contribution is 2.08. The Hall–Kier alpha value is -0.150. The average Bonchev–Trinajstić information content (AvgIpc) is 1.93. The van der Waals surface area contributed by atoms with Gasteiger partial charge in [-0.2, -0.15) is 0 Å². The van der Waals surface area contributed by atoms with Crippen molar-refractivity contribution in [1.82, 2.24) is 5.32 Å². The third-order valence-corrected chi connectivity index (χ3v) is 1.54. The van der Waals surface area contributed by atoms with Gasteiger partial charge in [0.2, 0.25) is 0 Å². The van der Waals surface area contributed by atoms with E-state index in [2.05, 4.69) is 5.32 Å². The summed E-state index contributed by atoms with van der Waals surface area (Å²) in [6.45, 7) is 1.23. The molecule has 0 spiro atoms. The van der Waals surface area contributed by atoms with Crippen molar-refractivity contribution >= 4 is 0 Å². The molecule has 9 heavy (non-hydrogen) atoms. The fourth-order valence-electron chi connectivity index (χ4n) is 1.02. The summed E-state index contributed by atoms with van der Waals surface area (Å²) in [7, 11) is 0. The second-order valence-electron chi connectivity index (χ2n) is 2.48. The number of nitrogens with one attached hydrogen (secondary N) is 1. The number of aliphatic hydroxyl groups is 1. The fourth-order valence-corrected chi connectivity index (χ4v) is 1.02. The van der Waals surface area contributed by atoms with Crippen molar-refractivity contribution in [2.75, 3.05) is 13.1 Å². The van der Waals surface area contributed by atoms with E-state index in [9.17, 15) is 4.39 Å². The second-order valence-corrected chi connectivity index (χ2v) is 2.48. The van der Waals surface area contributed by atoms with Gasteiger partial charge in [-0.15, -0.1) is 0 Å². The van der Waals surface area contributed by atoms with Gasteiger partial charge in [0.25, 0.3) is 0 Å². The molecule has 0 aromatic rings. The van der Waals surface area contributed by atoms with Gasteiger partial charge in [0, 0.05) is 13.0 Å². The minimum Gasteiger partial charge on any atom is -0.392 e. The van der Waals surface area contributed by atoms with Crippen molar-refractivity contribution < 1.29 is 9.50 Å². The number of aliphatic hydroxyl groups excluding tert-OH is 1. The van der Waals surface area contributed by atoms with Crippen LogP contribution in [0.1, 0.15) is 12.8 Å². The van der Waals surface area contributed by atoms with Crippen LogP contribution in [0, 0.1) is 0 Å². The molecule has 54 valence electrons. The van der Waals surface area contributed by atoms with Crippen molar-refractivity contribution in [1.29, 1.82) is 0 Å². The van der Waals surface area contributed by atoms with E-state index in [1.54, 1.807) is 0 Å². The van der Waals surface area contributed by atoms with Crippen molar-refractivity contribution in [3.63, 3.8) is 0 Å². The molecule has 1 saturated heterocycles. The van der Waals surface area contributed by atoms with E-state index in [-0.39, 0.29) is 0 Å². The molecule has 1 rings (SSSR count). The molecule has 0 aromatic carbocycles. The van der Waals surface area contributed by atoms with Crippen LogP contribution in [0.4, 0.5) is 4.39 Å². The Morgan fingerprint density at radius 2 is 2.33 bits per heavy atom. The highest BCUT2D eigenvalue weighted by Gasteiger charge is 2.16. The van der Waals surface area contributed by atoms with E-state index in [0.717, 1.165) is 0 Å². The molecule has 2 atom stereocenters. The van der Waals surface area contributed by atoms with Crippen LogP contribution in [-0.4, -0.2) is 30.5 Å². The maximum atomic E-state index is 12.5. The standard InChI is InChI=1S/C6H12FNO/c7-5-1-2-8-4-6(9)3-5/h5-6,8-9H,1-4H2. The highest BCUT2D eigenvalue weighted by molar-refractivity contribution is 4.71.